The smallest absolute Gasteiger partial charge is 0.227 e. The highest BCUT2D eigenvalue weighted by Crippen LogP contribution is 2.55. The van der Waals surface area contributed by atoms with Gasteiger partial charge in [0.2, 0.25) is 5.89 Å². The summed E-state index contributed by atoms with van der Waals surface area (Å²) in [7, 11) is -2.19. The van der Waals surface area contributed by atoms with Crippen LogP contribution in [0.15, 0.2) is 138 Å². The van der Waals surface area contributed by atoms with Crippen LogP contribution in [-0.2, 0) is 0 Å². The summed E-state index contributed by atoms with van der Waals surface area (Å²) in [5.41, 5.74) is 3.93. The van der Waals surface area contributed by atoms with E-state index in [2.05, 4.69) is 116 Å². The summed E-state index contributed by atoms with van der Waals surface area (Å²) in [4.78, 5) is 4.80. The number of hydrogen-bond acceptors (Lipinski definition) is 2. The molecule has 5 aromatic carbocycles. The number of hydrogen-bond donors (Lipinski definition) is 0. The molecule has 0 amide bonds. The topological polar surface area (TPSA) is 26.0 Å². The van der Waals surface area contributed by atoms with Gasteiger partial charge in [0.05, 0.1) is 0 Å². The number of aromatic nitrogens is 1. The van der Waals surface area contributed by atoms with Gasteiger partial charge in [-0.15, -0.1) is 0 Å². The second-order valence-electron chi connectivity index (χ2n) is 8.67. The molecule has 6 rings (SSSR count). The Morgan fingerprint density at radius 3 is 1.61 bits per heavy atom. The molecule has 6 aromatic rings. The van der Waals surface area contributed by atoms with E-state index in [0.717, 1.165) is 16.7 Å². The number of nitrogens with zero attached hydrogens (tertiary/aromatic N) is 1. The van der Waals surface area contributed by atoms with Crippen LogP contribution in [0.2, 0.25) is 0 Å². The van der Waals surface area contributed by atoms with Gasteiger partial charge in [-0.3, -0.25) is 0 Å². The SMILES string of the molecule is Cc1ccc(-c2nc3ccccc3o2)cc1[P+](c1ccccc1)(c1ccccc1)c1ccccc1.[Br-]. The molecule has 0 aliphatic heterocycles. The molecule has 0 bridgehead atoms. The Kier molecular flexibility index (Phi) is 6.87. The van der Waals surface area contributed by atoms with E-state index in [-0.39, 0.29) is 17.0 Å². The quantitative estimate of drug-likeness (QED) is 0.308. The Morgan fingerprint density at radius 2 is 1.08 bits per heavy atom. The molecule has 0 atom stereocenters. The maximum atomic E-state index is 6.18. The van der Waals surface area contributed by atoms with Gasteiger partial charge in [-0.05, 0) is 73.2 Å². The maximum absolute atomic E-state index is 6.18. The van der Waals surface area contributed by atoms with Crippen LogP contribution >= 0.6 is 7.26 Å². The van der Waals surface area contributed by atoms with Crippen molar-refractivity contribution in [3.8, 4) is 11.5 Å². The van der Waals surface area contributed by atoms with Crippen molar-refractivity contribution in [2.45, 2.75) is 6.92 Å². The zero-order chi connectivity index (χ0) is 23.7. The van der Waals surface area contributed by atoms with Gasteiger partial charge in [-0.2, -0.15) is 0 Å². The maximum Gasteiger partial charge on any atom is 0.227 e. The zero-order valence-corrected chi connectivity index (χ0v) is 22.4. The van der Waals surface area contributed by atoms with Gasteiger partial charge in [0.15, 0.2) is 5.58 Å². The third-order valence-corrected chi connectivity index (χ3v) is 11.0. The Morgan fingerprint density at radius 1 is 0.583 bits per heavy atom. The van der Waals surface area contributed by atoms with E-state index < -0.39 is 7.26 Å². The van der Waals surface area contributed by atoms with Crippen molar-refractivity contribution in [1.29, 1.82) is 0 Å². The van der Waals surface area contributed by atoms with Gasteiger partial charge in [0.1, 0.15) is 34.0 Å². The summed E-state index contributed by atoms with van der Waals surface area (Å²) in [6, 6.07) is 47.4. The predicted molar refractivity (Wildman–Crippen MR) is 149 cm³/mol. The van der Waals surface area contributed by atoms with E-state index in [0.29, 0.717) is 5.89 Å². The van der Waals surface area contributed by atoms with Crippen molar-refractivity contribution in [3.63, 3.8) is 0 Å². The number of halogens is 1. The number of fused-ring (bicyclic) bond motifs is 1. The van der Waals surface area contributed by atoms with Gasteiger partial charge in [-0.25, -0.2) is 4.98 Å². The summed E-state index contributed by atoms with van der Waals surface area (Å²) < 4.78 is 6.18. The fourth-order valence-electron chi connectivity index (χ4n) is 4.92. The van der Waals surface area contributed by atoms with Gasteiger partial charge in [0, 0.05) is 5.56 Å². The molecule has 1 aromatic heterocycles. The first kappa shape index (κ1) is 24.2. The first-order valence-electron chi connectivity index (χ1n) is 11.8. The summed E-state index contributed by atoms with van der Waals surface area (Å²) in [5.74, 6) is 0.653. The van der Waals surface area contributed by atoms with Crippen LogP contribution in [0.25, 0.3) is 22.6 Å². The zero-order valence-electron chi connectivity index (χ0n) is 19.9. The third-order valence-electron chi connectivity index (χ3n) is 6.54. The van der Waals surface area contributed by atoms with E-state index in [1.54, 1.807) is 0 Å². The lowest BCUT2D eigenvalue weighted by molar-refractivity contribution is -0.00000731. The molecule has 1 heterocycles. The molecule has 0 fully saturated rings. The fourth-order valence-corrected chi connectivity index (χ4v) is 9.44. The largest absolute Gasteiger partial charge is 1.00 e. The Hall–Kier alpha value is -3.52. The van der Waals surface area contributed by atoms with Crippen molar-refractivity contribution in [1.82, 2.24) is 4.98 Å². The van der Waals surface area contributed by atoms with Gasteiger partial charge in [0.25, 0.3) is 0 Å². The highest BCUT2D eigenvalue weighted by atomic mass is 79.9. The van der Waals surface area contributed by atoms with Crippen molar-refractivity contribution >= 4 is 39.6 Å². The molecule has 0 aliphatic carbocycles. The molecular formula is C32H25BrNOP. The molecule has 0 saturated carbocycles. The van der Waals surface area contributed by atoms with E-state index in [1.165, 1.54) is 26.8 Å². The van der Waals surface area contributed by atoms with E-state index in [4.69, 9.17) is 9.40 Å². The second kappa shape index (κ2) is 10.2. The molecule has 0 N–H and O–H groups in total. The first-order valence-corrected chi connectivity index (χ1v) is 13.6. The van der Waals surface area contributed by atoms with Crippen LogP contribution in [0.5, 0.6) is 0 Å². The standard InChI is InChI=1S/C32H25NOP.BrH/c1-24-21-22-25(32-33-29-19-11-12-20-30(29)34-32)23-31(24)35(26-13-5-2-6-14-26,27-15-7-3-8-16-27)28-17-9-4-10-18-28;/h2-23H,1H3;1H/q+1;/p-1. The number of aryl methyl sites for hydroxylation is 1. The average molecular weight is 550 g/mol. The number of benzene rings is 5. The summed E-state index contributed by atoms with van der Waals surface area (Å²) in [6.07, 6.45) is 0. The van der Waals surface area contributed by atoms with Crippen molar-refractivity contribution in [3.05, 3.63) is 139 Å². The summed E-state index contributed by atoms with van der Waals surface area (Å²) in [5, 5.41) is 5.31. The minimum Gasteiger partial charge on any atom is -1.00 e. The van der Waals surface area contributed by atoms with Crippen LogP contribution in [0.3, 0.4) is 0 Å². The highest BCUT2D eigenvalue weighted by molar-refractivity contribution is 8.01. The van der Waals surface area contributed by atoms with Crippen molar-refractivity contribution in [2.24, 2.45) is 0 Å². The second-order valence-corrected chi connectivity index (χ2v) is 12.0. The predicted octanol–water partition coefficient (Wildman–Crippen LogP) is 3.43. The third kappa shape index (κ3) is 4.09. The van der Waals surface area contributed by atoms with Gasteiger partial charge < -0.3 is 21.4 Å². The molecule has 0 saturated heterocycles. The molecule has 0 aliphatic rings. The molecule has 4 heteroatoms. The highest BCUT2D eigenvalue weighted by Gasteiger charge is 2.48. The number of rotatable bonds is 5. The molecule has 0 radical (unpaired) electrons. The minimum atomic E-state index is -2.19. The molecule has 0 spiro atoms. The molecule has 0 unspecified atom stereocenters. The molecule has 36 heavy (non-hydrogen) atoms. The van der Waals surface area contributed by atoms with Gasteiger partial charge >= 0.3 is 0 Å². The van der Waals surface area contributed by atoms with Crippen molar-refractivity contribution in [2.75, 3.05) is 0 Å². The Labute approximate surface area is 222 Å². The Balaban J connectivity index is 0.00000267. The van der Waals surface area contributed by atoms with Crippen LogP contribution in [0.1, 0.15) is 5.56 Å². The fraction of sp³-hybridized carbons (Fsp3) is 0.0312. The van der Waals surface area contributed by atoms with Crippen LogP contribution < -0.4 is 38.2 Å². The number of oxazole rings is 1. The molecule has 2 nitrogen and oxygen atoms in total. The minimum absolute atomic E-state index is 0. The summed E-state index contributed by atoms with van der Waals surface area (Å²) in [6.45, 7) is 2.22. The molecule has 176 valence electrons. The summed E-state index contributed by atoms with van der Waals surface area (Å²) >= 11 is 0. The van der Waals surface area contributed by atoms with Gasteiger partial charge in [-0.1, -0.05) is 72.8 Å². The van der Waals surface area contributed by atoms with E-state index in [1.807, 2.05) is 24.3 Å². The normalized spacial score (nSPS) is 11.2. The monoisotopic (exact) mass is 549 g/mol. The lowest BCUT2D eigenvalue weighted by atomic mass is 10.1. The lowest BCUT2D eigenvalue weighted by Crippen LogP contribution is -3.00. The van der Waals surface area contributed by atoms with Crippen LogP contribution in [-0.4, -0.2) is 4.98 Å². The lowest BCUT2D eigenvalue weighted by Gasteiger charge is -2.29. The van der Waals surface area contributed by atoms with E-state index in [9.17, 15) is 0 Å². The Bertz CT molecular complexity index is 1470. The van der Waals surface area contributed by atoms with Crippen LogP contribution in [0.4, 0.5) is 0 Å². The number of para-hydroxylation sites is 2. The van der Waals surface area contributed by atoms with Crippen LogP contribution in [0, 0.1) is 6.92 Å². The van der Waals surface area contributed by atoms with E-state index >= 15 is 0 Å². The average Bonchev–Trinajstić information content (AvgIpc) is 3.36. The first-order chi connectivity index (χ1) is 17.3. The molecular weight excluding hydrogens is 525 g/mol. The van der Waals surface area contributed by atoms with Crippen molar-refractivity contribution < 1.29 is 21.4 Å².